The summed E-state index contributed by atoms with van der Waals surface area (Å²) in [5, 5.41) is 0. The van der Waals surface area contributed by atoms with Gasteiger partial charge in [0.25, 0.3) is 0 Å². The van der Waals surface area contributed by atoms with Gasteiger partial charge in [-0.25, -0.2) is 0 Å². The molecule has 0 heterocycles. The maximum absolute atomic E-state index is 12.0. The minimum absolute atomic E-state index is 0.688. The fraction of sp³-hybridized carbons (Fsp3) is 0.200. The third-order valence-electron chi connectivity index (χ3n) is 2.70. The van der Waals surface area contributed by atoms with Crippen LogP contribution in [0.5, 0.6) is 0 Å². The zero-order valence-electron chi connectivity index (χ0n) is 9.93. The summed E-state index contributed by atoms with van der Waals surface area (Å²) < 4.78 is 12.0. The van der Waals surface area contributed by atoms with Gasteiger partial charge in [0.2, 0.25) is 0 Å². The molecule has 17 heavy (non-hydrogen) atoms. The smallest absolute Gasteiger partial charge is 0.0532 e. The van der Waals surface area contributed by atoms with Crippen LogP contribution in [0.3, 0.4) is 0 Å². The molecule has 2 aromatic rings. The van der Waals surface area contributed by atoms with E-state index in [9.17, 15) is 4.21 Å². The fourth-order valence-corrected chi connectivity index (χ4v) is 2.77. The lowest BCUT2D eigenvalue weighted by molar-refractivity contribution is 0.682. The quantitative estimate of drug-likeness (QED) is 0.806. The van der Waals surface area contributed by atoms with Crippen molar-refractivity contribution < 1.29 is 4.21 Å². The highest BCUT2D eigenvalue weighted by molar-refractivity contribution is 7.85. The molecule has 1 nitrogen and oxygen atoms in total. The molecule has 1 atom stereocenters. The molecule has 0 saturated heterocycles. The molecule has 0 fully saturated rings. The van der Waals surface area contributed by atoms with Gasteiger partial charge in [-0.1, -0.05) is 48.0 Å². The predicted molar refractivity (Wildman–Crippen MR) is 72.6 cm³/mol. The van der Waals surface area contributed by atoms with E-state index in [4.69, 9.17) is 0 Å². The normalized spacial score (nSPS) is 12.3. The molecular formula is C15H16OS. The van der Waals surface area contributed by atoms with E-state index in [-0.39, 0.29) is 0 Å². The molecule has 0 aliphatic rings. The van der Waals surface area contributed by atoms with Crippen LogP contribution < -0.4 is 0 Å². The van der Waals surface area contributed by atoms with Crippen LogP contribution >= 0.6 is 0 Å². The second kappa shape index (κ2) is 5.78. The third-order valence-corrected chi connectivity index (χ3v) is 4.08. The van der Waals surface area contributed by atoms with E-state index < -0.39 is 10.8 Å². The van der Waals surface area contributed by atoms with E-state index in [1.54, 1.807) is 0 Å². The van der Waals surface area contributed by atoms with Gasteiger partial charge in [0.1, 0.15) is 0 Å². The van der Waals surface area contributed by atoms with Crippen LogP contribution in [0.4, 0.5) is 0 Å². The molecule has 0 radical (unpaired) electrons. The molecule has 0 bridgehead atoms. The standard InChI is InChI=1S/C15H16OS/c1-13-7-9-14(10-8-13)11-12-17(16)15-5-3-2-4-6-15/h2-10H,11-12H2,1H3. The maximum Gasteiger partial charge on any atom is 0.0532 e. The minimum Gasteiger partial charge on any atom is -0.254 e. The van der Waals surface area contributed by atoms with E-state index in [1.165, 1.54) is 11.1 Å². The lowest BCUT2D eigenvalue weighted by Gasteiger charge is -2.03. The molecule has 2 rings (SSSR count). The number of aryl methyl sites for hydroxylation is 2. The fourth-order valence-electron chi connectivity index (χ4n) is 1.66. The molecule has 0 aliphatic carbocycles. The van der Waals surface area contributed by atoms with Crippen molar-refractivity contribution in [1.29, 1.82) is 0 Å². The second-order valence-corrected chi connectivity index (χ2v) is 5.67. The SMILES string of the molecule is Cc1ccc(CCS(=O)c2ccccc2)cc1. The Bertz CT molecular complexity index is 488. The third kappa shape index (κ3) is 3.53. The summed E-state index contributed by atoms with van der Waals surface area (Å²) in [5.74, 6) is 0.688. The molecule has 0 amide bonds. The van der Waals surface area contributed by atoms with Crippen molar-refractivity contribution in [3.63, 3.8) is 0 Å². The summed E-state index contributed by atoms with van der Waals surface area (Å²) in [6, 6.07) is 18.1. The topological polar surface area (TPSA) is 17.1 Å². The highest BCUT2D eigenvalue weighted by atomic mass is 32.2. The zero-order valence-corrected chi connectivity index (χ0v) is 10.7. The van der Waals surface area contributed by atoms with Gasteiger partial charge in [0.15, 0.2) is 0 Å². The first-order chi connectivity index (χ1) is 8.25. The largest absolute Gasteiger partial charge is 0.254 e. The van der Waals surface area contributed by atoms with Crippen LogP contribution in [0, 0.1) is 6.92 Å². The summed E-state index contributed by atoms with van der Waals surface area (Å²) in [7, 11) is -0.889. The van der Waals surface area contributed by atoms with Gasteiger partial charge in [-0.2, -0.15) is 0 Å². The molecule has 88 valence electrons. The number of hydrogen-bond acceptors (Lipinski definition) is 1. The average Bonchev–Trinajstić information content (AvgIpc) is 2.39. The Morgan fingerprint density at radius 3 is 2.24 bits per heavy atom. The lowest BCUT2D eigenvalue weighted by Crippen LogP contribution is -2.01. The Labute approximate surface area is 105 Å². The summed E-state index contributed by atoms with van der Waals surface area (Å²) >= 11 is 0. The van der Waals surface area contributed by atoms with E-state index in [0.29, 0.717) is 5.75 Å². The van der Waals surface area contributed by atoms with E-state index in [1.807, 2.05) is 30.3 Å². The Hall–Kier alpha value is -1.41. The van der Waals surface area contributed by atoms with Crippen molar-refractivity contribution in [3.05, 3.63) is 65.7 Å². The van der Waals surface area contributed by atoms with Crippen molar-refractivity contribution in [1.82, 2.24) is 0 Å². The van der Waals surface area contributed by atoms with Crippen molar-refractivity contribution in [2.75, 3.05) is 5.75 Å². The molecule has 1 unspecified atom stereocenters. The van der Waals surface area contributed by atoms with E-state index >= 15 is 0 Å². The first-order valence-corrected chi connectivity index (χ1v) is 7.06. The van der Waals surface area contributed by atoms with Gasteiger partial charge in [-0.05, 0) is 31.0 Å². The van der Waals surface area contributed by atoms with Crippen LogP contribution in [0.2, 0.25) is 0 Å². The molecule has 0 spiro atoms. The first kappa shape index (κ1) is 12.1. The van der Waals surface area contributed by atoms with Crippen LogP contribution in [-0.2, 0) is 17.2 Å². The molecule has 0 N–H and O–H groups in total. The molecular weight excluding hydrogens is 228 g/mol. The van der Waals surface area contributed by atoms with Crippen LogP contribution in [0.15, 0.2) is 59.5 Å². The van der Waals surface area contributed by atoms with Gasteiger partial charge in [0.05, 0.1) is 10.8 Å². The predicted octanol–water partition coefficient (Wildman–Crippen LogP) is 3.35. The lowest BCUT2D eigenvalue weighted by atomic mass is 10.1. The Kier molecular flexibility index (Phi) is 4.10. The van der Waals surface area contributed by atoms with Crippen molar-refractivity contribution in [3.8, 4) is 0 Å². The van der Waals surface area contributed by atoms with Crippen LogP contribution in [0.1, 0.15) is 11.1 Å². The Morgan fingerprint density at radius 1 is 0.941 bits per heavy atom. The van der Waals surface area contributed by atoms with Crippen molar-refractivity contribution >= 4 is 10.8 Å². The summed E-state index contributed by atoms with van der Waals surface area (Å²) in [4.78, 5) is 0.916. The van der Waals surface area contributed by atoms with Gasteiger partial charge in [0, 0.05) is 10.6 Å². The second-order valence-electron chi connectivity index (χ2n) is 4.10. The van der Waals surface area contributed by atoms with Gasteiger partial charge in [-0.3, -0.25) is 4.21 Å². The monoisotopic (exact) mass is 244 g/mol. The molecule has 0 saturated carbocycles. The summed E-state index contributed by atoms with van der Waals surface area (Å²) in [6.07, 6.45) is 0.863. The Morgan fingerprint density at radius 2 is 1.59 bits per heavy atom. The Balaban J connectivity index is 1.95. The molecule has 2 aromatic carbocycles. The summed E-state index contributed by atoms with van der Waals surface area (Å²) in [5.41, 5.74) is 2.51. The zero-order chi connectivity index (χ0) is 12.1. The van der Waals surface area contributed by atoms with E-state index in [2.05, 4.69) is 31.2 Å². The molecule has 2 heteroatoms. The molecule has 0 aliphatic heterocycles. The highest BCUT2D eigenvalue weighted by Gasteiger charge is 2.03. The summed E-state index contributed by atoms with van der Waals surface area (Å²) in [6.45, 7) is 2.08. The van der Waals surface area contributed by atoms with E-state index in [0.717, 1.165) is 11.3 Å². The van der Waals surface area contributed by atoms with Crippen molar-refractivity contribution in [2.24, 2.45) is 0 Å². The highest BCUT2D eigenvalue weighted by Crippen LogP contribution is 2.09. The van der Waals surface area contributed by atoms with Gasteiger partial charge < -0.3 is 0 Å². The van der Waals surface area contributed by atoms with Gasteiger partial charge in [-0.15, -0.1) is 0 Å². The minimum atomic E-state index is -0.889. The molecule has 0 aromatic heterocycles. The average molecular weight is 244 g/mol. The first-order valence-electron chi connectivity index (χ1n) is 5.75. The van der Waals surface area contributed by atoms with Crippen LogP contribution in [-0.4, -0.2) is 9.96 Å². The van der Waals surface area contributed by atoms with Crippen LogP contribution in [0.25, 0.3) is 0 Å². The maximum atomic E-state index is 12.0. The number of benzene rings is 2. The van der Waals surface area contributed by atoms with Gasteiger partial charge >= 0.3 is 0 Å². The number of rotatable bonds is 4. The van der Waals surface area contributed by atoms with Crippen molar-refractivity contribution in [2.45, 2.75) is 18.2 Å². The number of hydrogen-bond donors (Lipinski definition) is 0.